The molecule has 98 valence electrons. The van der Waals surface area contributed by atoms with E-state index in [1.165, 1.54) is 31.5 Å². The van der Waals surface area contributed by atoms with Crippen LogP contribution in [0, 0.1) is 0 Å². The maximum absolute atomic E-state index is 5.09. The molecule has 2 saturated heterocycles. The number of ether oxygens (including phenoxy) is 1. The second-order valence-electron chi connectivity index (χ2n) is 5.45. The summed E-state index contributed by atoms with van der Waals surface area (Å²) in [6, 6.07) is 5.58. The van der Waals surface area contributed by atoms with Crippen LogP contribution in [0.25, 0.3) is 0 Å². The fourth-order valence-corrected chi connectivity index (χ4v) is 3.21. The van der Waals surface area contributed by atoms with E-state index in [1.807, 2.05) is 12.3 Å². The Labute approximate surface area is 109 Å². The van der Waals surface area contributed by atoms with Crippen LogP contribution in [0.4, 0.5) is 0 Å². The Balaban J connectivity index is 1.63. The average Bonchev–Trinajstić information content (AvgIpc) is 2.63. The number of aromatic nitrogens is 1. The molecule has 0 saturated carbocycles. The molecule has 3 heterocycles. The van der Waals surface area contributed by atoms with Crippen LogP contribution in [0.1, 0.15) is 18.4 Å². The summed E-state index contributed by atoms with van der Waals surface area (Å²) in [4.78, 5) is 9.39. The molecule has 2 atom stereocenters. The Hall–Kier alpha value is -1.13. The van der Waals surface area contributed by atoms with E-state index in [9.17, 15) is 0 Å². The first-order chi connectivity index (χ1) is 8.76. The molecule has 2 aliphatic heterocycles. The zero-order valence-electron chi connectivity index (χ0n) is 11.2. The van der Waals surface area contributed by atoms with Crippen LogP contribution in [-0.2, 0) is 6.54 Å². The summed E-state index contributed by atoms with van der Waals surface area (Å²) in [6.45, 7) is 3.40. The first-order valence-corrected chi connectivity index (χ1v) is 6.69. The highest BCUT2D eigenvalue weighted by Gasteiger charge is 2.37. The van der Waals surface area contributed by atoms with E-state index in [4.69, 9.17) is 4.74 Å². The van der Waals surface area contributed by atoms with Gasteiger partial charge in [-0.3, -0.25) is 9.80 Å². The van der Waals surface area contributed by atoms with E-state index in [2.05, 4.69) is 27.9 Å². The molecule has 1 aromatic rings. The molecule has 3 rings (SSSR count). The van der Waals surface area contributed by atoms with Gasteiger partial charge < -0.3 is 4.74 Å². The number of hydrogen-bond donors (Lipinski definition) is 0. The third kappa shape index (κ3) is 2.22. The monoisotopic (exact) mass is 247 g/mol. The number of hydrogen-bond acceptors (Lipinski definition) is 4. The van der Waals surface area contributed by atoms with Gasteiger partial charge in [-0.15, -0.1) is 0 Å². The maximum atomic E-state index is 5.09. The molecule has 0 spiro atoms. The highest BCUT2D eigenvalue weighted by Crippen LogP contribution is 2.29. The van der Waals surface area contributed by atoms with Crippen LogP contribution >= 0.6 is 0 Å². The molecule has 0 N–H and O–H groups in total. The van der Waals surface area contributed by atoms with Crippen molar-refractivity contribution in [3.63, 3.8) is 0 Å². The van der Waals surface area contributed by atoms with Gasteiger partial charge >= 0.3 is 0 Å². The molecule has 0 radical (unpaired) electrons. The number of likely N-dealkylation sites (N-methyl/N-ethyl adjacent to an activating group) is 1. The Kier molecular flexibility index (Phi) is 3.22. The van der Waals surface area contributed by atoms with Gasteiger partial charge in [-0.1, -0.05) is 6.07 Å². The number of rotatable bonds is 3. The van der Waals surface area contributed by atoms with Crippen molar-refractivity contribution in [2.75, 3.05) is 27.2 Å². The molecule has 0 aliphatic carbocycles. The van der Waals surface area contributed by atoms with Crippen molar-refractivity contribution in [3.8, 4) is 5.88 Å². The number of likely N-dealkylation sites (tertiary alicyclic amines) is 1. The molecule has 4 heteroatoms. The fourth-order valence-electron chi connectivity index (χ4n) is 3.21. The van der Waals surface area contributed by atoms with Crippen molar-refractivity contribution in [2.24, 2.45) is 0 Å². The zero-order valence-corrected chi connectivity index (χ0v) is 11.2. The van der Waals surface area contributed by atoms with Crippen LogP contribution in [-0.4, -0.2) is 54.1 Å². The van der Waals surface area contributed by atoms with Crippen LogP contribution in [0.2, 0.25) is 0 Å². The number of nitrogens with zero attached hydrogens (tertiary/aromatic N) is 3. The van der Waals surface area contributed by atoms with E-state index >= 15 is 0 Å². The number of methoxy groups -OCH3 is 1. The summed E-state index contributed by atoms with van der Waals surface area (Å²) >= 11 is 0. The number of piperazine rings is 1. The van der Waals surface area contributed by atoms with Gasteiger partial charge in [0.25, 0.3) is 0 Å². The van der Waals surface area contributed by atoms with Gasteiger partial charge in [0.15, 0.2) is 0 Å². The predicted molar refractivity (Wildman–Crippen MR) is 70.6 cm³/mol. The second kappa shape index (κ2) is 4.86. The summed E-state index contributed by atoms with van der Waals surface area (Å²) in [5, 5.41) is 0. The molecule has 2 aliphatic rings. The summed E-state index contributed by atoms with van der Waals surface area (Å²) in [5.74, 6) is 0.692. The van der Waals surface area contributed by atoms with E-state index in [0.29, 0.717) is 5.88 Å². The van der Waals surface area contributed by atoms with Crippen LogP contribution < -0.4 is 4.74 Å². The lowest BCUT2D eigenvalue weighted by Gasteiger charge is -2.38. The van der Waals surface area contributed by atoms with E-state index in [-0.39, 0.29) is 0 Å². The van der Waals surface area contributed by atoms with Gasteiger partial charge in [-0.2, -0.15) is 0 Å². The van der Waals surface area contributed by atoms with Crippen molar-refractivity contribution in [3.05, 3.63) is 23.9 Å². The minimum absolute atomic E-state index is 0.692. The summed E-state index contributed by atoms with van der Waals surface area (Å²) in [5.41, 5.74) is 1.28. The minimum atomic E-state index is 0.692. The van der Waals surface area contributed by atoms with Crippen molar-refractivity contribution >= 4 is 0 Å². The van der Waals surface area contributed by atoms with E-state index < -0.39 is 0 Å². The molecule has 2 unspecified atom stereocenters. The van der Waals surface area contributed by atoms with Gasteiger partial charge in [-0.05, 0) is 25.5 Å². The summed E-state index contributed by atoms with van der Waals surface area (Å²) in [7, 11) is 3.93. The second-order valence-corrected chi connectivity index (χ2v) is 5.45. The first kappa shape index (κ1) is 11.9. The van der Waals surface area contributed by atoms with Crippen LogP contribution in [0.3, 0.4) is 0 Å². The standard InChI is InChI=1S/C14H21N3O/c1-16-12-4-5-13(16)10-17(9-12)8-11-3-6-14(18-2)15-7-11/h3,6-7,12-13H,4-5,8-10H2,1-2H3. The third-order valence-corrected chi connectivity index (χ3v) is 4.34. The van der Waals surface area contributed by atoms with Gasteiger partial charge in [0.2, 0.25) is 5.88 Å². The summed E-state index contributed by atoms with van der Waals surface area (Å²) < 4.78 is 5.09. The molecule has 18 heavy (non-hydrogen) atoms. The topological polar surface area (TPSA) is 28.6 Å². The van der Waals surface area contributed by atoms with Gasteiger partial charge in [0, 0.05) is 44.0 Å². The fraction of sp³-hybridized carbons (Fsp3) is 0.643. The van der Waals surface area contributed by atoms with E-state index in [0.717, 1.165) is 18.6 Å². The first-order valence-electron chi connectivity index (χ1n) is 6.69. The average molecular weight is 247 g/mol. The zero-order chi connectivity index (χ0) is 12.5. The normalized spacial score (nSPS) is 28.6. The maximum Gasteiger partial charge on any atom is 0.212 e. The van der Waals surface area contributed by atoms with E-state index in [1.54, 1.807) is 7.11 Å². The Morgan fingerprint density at radius 1 is 1.28 bits per heavy atom. The molecule has 0 amide bonds. The molecule has 2 fully saturated rings. The highest BCUT2D eigenvalue weighted by molar-refractivity contribution is 5.17. The predicted octanol–water partition coefficient (Wildman–Crippen LogP) is 1.37. The molecule has 1 aromatic heterocycles. The van der Waals surface area contributed by atoms with Gasteiger partial charge in [0.1, 0.15) is 0 Å². The SMILES string of the molecule is COc1ccc(CN2CC3CCC(C2)N3C)cn1. The smallest absolute Gasteiger partial charge is 0.212 e. The van der Waals surface area contributed by atoms with Gasteiger partial charge in [0.05, 0.1) is 7.11 Å². The molecule has 0 aromatic carbocycles. The van der Waals surface area contributed by atoms with Crippen LogP contribution in [0.15, 0.2) is 18.3 Å². The lowest BCUT2D eigenvalue weighted by molar-refractivity contribution is 0.0837. The Bertz CT molecular complexity index is 392. The third-order valence-electron chi connectivity index (χ3n) is 4.34. The van der Waals surface area contributed by atoms with Crippen molar-refractivity contribution in [2.45, 2.75) is 31.5 Å². The van der Waals surface area contributed by atoms with Crippen LogP contribution in [0.5, 0.6) is 5.88 Å². The van der Waals surface area contributed by atoms with Gasteiger partial charge in [-0.25, -0.2) is 4.98 Å². The highest BCUT2D eigenvalue weighted by atomic mass is 16.5. The molecule has 2 bridgehead atoms. The largest absolute Gasteiger partial charge is 0.481 e. The lowest BCUT2D eigenvalue weighted by Crippen LogP contribution is -2.51. The van der Waals surface area contributed by atoms with Crippen molar-refractivity contribution < 1.29 is 4.74 Å². The number of fused-ring (bicyclic) bond motifs is 2. The molecular weight excluding hydrogens is 226 g/mol. The van der Waals surface area contributed by atoms with Crippen molar-refractivity contribution in [1.29, 1.82) is 0 Å². The lowest BCUT2D eigenvalue weighted by atomic mass is 10.2. The summed E-state index contributed by atoms with van der Waals surface area (Å²) in [6.07, 6.45) is 4.65. The molecule has 4 nitrogen and oxygen atoms in total. The Morgan fingerprint density at radius 3 is 2.56 bits per heavy atom. The minimum Gasteiger partial charge on any atom is -0.481 e. The number of pyridine rings is 1. The Morgan fingerprint density at radius 2 is 2.00 bits per heavy atom. The quantitative estimate of drug-likeness (QED) is 0.806. The molecular formula is C14H21N3O. The van der Waals surface area contributed by atoms with Crippen molar-refractivity contribution in [1.82, 2.24) is 14.8 Å².